The van der Waals surface area contributed by atoms with Gasteiger partial charge in [0.05, 0.1) is 14.2 Å². The van der Waals surface area contributed by atoms with Crippen molar-refractivity contribution in [3.05, 3.63) is 36.2 Å². The molecule has 0 spiro atoms. The SMILES string of the molecule is CCCCN(C)c1nccc(C(=O)Nc2ccc(OC)c(OC)c2)n1. The summed E-state index contributed by atoms with van der Waals surface area (Å²) >= 11 is 0. The van der Waals surface area contributed by atoms with Crippen molar-refractivity contribution in [1.29, 1.82) is 0 Å². The maximum Gasteiger partial charge on any atom is 0.274 e. The van der Waals surface area contributed by atoms with Crippen LogP contribution in [0, 0.1) is 0 Å². The van der Waals surface area contributed by atoms with Crippen molar-refractivity contribution < 1.29 is 14.3 Å². The standard InChI is InChI=1S/C18H24N4O3/c1-5-6-11-22(2)18-19-10-9-14(21-18)17(23)20-13-7-8-15(24-3)16(12-13)25-4/h7-10,12H,5-6,11H2,1-4H3,(H,20,23). The Bertz CT molecular complexity index is 721. The minimum atomic E-state index is -0.306. The van der Waals surface area contributed by atoms with E-state index >= 15 is 0 Å². The van der Waals surface area contributed by atoms with Crippen molar-refractivity contribution in [3.63, 3.8) is 0 Å². The van der Waals surface area contributed by atoms with E-state index in [9.17, 15) is 4.79 Å². The van der Waals surface area contributed by atoms with Gasteiger partial charge in [-0.3, -0.25) is 4.79 Å². The second kappa shape index (κ2) is 8.86. The van der Waals surface area contributed by atoms with E-state index < -0.39 is 0 Å². The number of hydrogen-bond donors (Lipinski definition) is 1. The summed E-state index contributed by atoms with van der Waals surface area (Å²) in [5, 5.41) is 2.81. The molecule has 7 heteroatoms. The molecule has 0 aliphatic heterocycles. The fourth-order valence-corrected chi connectivity index (χ4v) is 2.26. The van der Waals surface area contributed by atoms with Crippen LogP contribution in [0.1, 0.15) is 30.3 Å². The number of benzene rings is 1. The van der Waals surface area contributed by atoms with Gasteiger partial charge in [-0.05, 0) is 24.6 Å². The van der Waals surface area contributed by atoms with Gasteiger partial charge in [-0.2, -0.15) is 0 Å². The van der Waals surface area contributed by atoms with Gasteiger partial charge >= 0.3 is 0 Å². The maximum absolute atomic E-state index is 12.5. The second-order valence-electron chi connectivity index (χ2n) is 5.54. The average Bonchev–Trinajstić information content (AvgIpc) is 2.65. The molecule has 0 saturated heterocycles. The highest BCUT2D eigenvalue weighted by atomic mass is 16.5. The molecular formula is C18H24N4O3. The van der Waals surface area contributed by atoms with Crippen molar-refractivity contribution in [2.75, 3.05) is 38.0 Å². The van der Waals surface area contributed by atoms with Gasteiger partial charge in [0, 0.05) is 31.5 Å². The van der Waals surface area contributed by atoms with E-state index in [0.29, 0.717) is 28.8 Å². The highest BCUT2D eigenvalue weighted by Crippen LogP contribution is 2.29. The minimum absolute atomic E-state index is 0.306. The summed E-state index contributed by atoms with van der Waals surface area (Å²) in [6.07, 6.45) is 3.72. The van der Waals surface area contributed by atoms with Gasteiger partial charge in [-0.25, -0.2) is 9.97 Å². The summed E-state index contributed by atoms with van der Waals surface area (Å²) in [5.41, 5.74) is 0.908. The average molecular weight is 344 g/mol. The molecule has 1 aromatic carbocycles. The number of carbonyl (C=O) groups is 1. The number of aromatic nitrogens is 2. The lowest BCUT2D eigenvalue weighted by atomic mass is 10.2. The number of ether oxygens (including phenoxy) is 2. The highest BCUT2D eigenvalue weighted by molar-refractivity contribution is 6.03. The number of nitrogens with zero attached hydrogens (tertiary/aromatic N) is 3. The van der Waals surface area contributed by atoms with Crippen LogP contribution in [0.25, 0.3) is 0 Å². The molecule has 0 aliphatic rings. The number of anilines is 2. The molecule has 0 aliphatic carbocycles. The molecule has 1 heterocycles. The third-order valence-corrected chi connectivity index (χ3v) is 3.71. The molecule has 1 N–H and O–H groups in total. The summed E-state index contributed by atoms with van der Waals surface area (Å²) < 4.78 is 10.4. The van der Waals surface area contributed by atoms with Crippen LogP contribution in [0.4, 0.5) is 11.6 Å². The lowest BCUT2D eigenvalue weighted by Crippen LogP contribution is -2.22. The topological polar surface area (TPSA) is 76.6 Å². The van der Waals surface area contributed by atoms with Crippen molar-refractivity contribution in [3.8, 4) is 11.5 Å². The van der Waals surface area contributed by atoms with Crippen LogP contribution in [0.3, 0.4) is 0 Å². The molecule has 0 saturated carbocycles. The molecular weight excluding hydrogens is 320 g/mol. The Morgan fingerprint density at radius 1 is 1.20 bits per heavy atom. The van der Waals surface area contributed by atoms with Gasteiger partial charge in [0.15, 0.2) is 11.5 Å². The normalized spacial score (nSPS) is 10.2. The van der Waals surface area contributed by atoms with Gasteiger partial charge in [0.25, 0.3) is 5.91 Å². The van der Waals surface area contributed by atoms with Gasteiger partial charge in [-0.15, -0.1) is 0 Å². The Hall–Kier alpha value is -2.83. The van der Waals surface area contributed by atoms with Gasteiger partial charge in [0.1, 0.15) is 5.69 Å². The second-order valence-corrected chi connectivity index (χ2v) is 5.54. The molecule has 0 radical (unpaired) electrons. The first-order chi connectivity index (χ1) is 12.1. The fraction of sp³-hybridized carbons (Fsp3) is 0.389. The molecule has 1 aromatic heterocycles. The van der Waals surface area contributed by atoms with Crippen LogP contribution >= 0.6 is 0 Å². The lowest BCUT2D eigenvalue weighted by molar-refractivity contribution is 0.102. The molecule has 1 amide bonds. The molecule has 0 atom stereocenters. The lowest BCUT2D eigenvalue weighted by Gasteiger charge is -2.16. The summed E-state index contributed by atoms with van der Waals surface area (Å²) in [6, 6.07) is 6.77. The fourth-order valence-electron chi connectivity index (χ4n) is 2.26. The van der Waals surface area contributed by atoms with Crippen molar-refractivity contribution in [1.82, 2.24) is 9.97 Å². The zero-order valence-electron chi connectivity index (χ0n) is 15.1. The largest absolute Gasteiger partial charge is 0.493 e. The molecule has 0 unspecified atom stereocenters. The van der Waals surface area contributed by atoms with Crippen LogP contribution in [0.5, 0.6) is 11.5 Å². The van der Waals surface area contributed by atoms with E-state index in [4.69, 9.17) is 9.47 Å². The van der Waals surface area contributed by atoms with Crippen LogP contribution < -0.4 is 19.7 Å². The number of rotatable bonds is 8. The molecule has 7 nitrogen and oxygen atoms in total. The summed E-state index contributed by atoms with van der Waals surface area (Å²) in [4.78, 5) is 23.0. The summed E-state index contributed by atoms with van der Waals surface area (Å²) in [6.45, 7) is 2.97. The van der Waals surface area contributed by atoms with Crippen molar-refractivity contribution in [2.24, 2.45) is 0 Å². The van der Waals surface area contributed by atoms with Gasteiger partial charge in [-0.1, -0.05) is 13.3 Å². The van der Waals surface area contributed by atoms with E-state index in [2.05, 4.69) is 22.2 Å². The quantitative estimate of drug-likeness (QED) is 0.793. The maximum atomic E-state index is 12.5. The number of unbranched alkanes of at least 4 members (excludes halogenated alkanes) is 1. The molecule has 2 aromatic rings. The summed E-state index contributed by atoms with van der Waals surface area (Å²) in [5.74, 6) is 1.37. The number of amides is 1. The van der Waals surface area contributed by atoms with Gasteiger partial charge < -0.3 is 19.7 Å². The zero-order chi connectivity index (χ0) is 18.2. The van der Waals surface area contributed by atoms with Crippen molar-refractivity contribution >= 4 is 17.5 Å². The summed E-state index contributed by atoms with van der Waals surface area (Å²) in [7, 11) is 5.03. The zero-order valence-corrected chi connectivity index (χ0v) is 15.1. The third-order valence-electron chi connectivity index (χ3n) is 3.71. The monoisotopic (exact) mass is 344 g/mol. The Balaban J connectivity index is 2.13. The number of carbonyl (C=O) groups excluding carboxylic acids is 1. The predicted octanol–water partition coefficient (Wildman–Crippen LogP) is 2.98. The Morgan fingerprint density at radius 2 is 1.96 bits per heavy atom. The first-order valence-electron chi connectivity index (χ1n) is 8.16. The minimum Gasteiger partial charge on any atom is -0.493 e. The van der Waals surface area contributed by atoms with Crippen LogP contribution in [0.15, 0.2) is 30.5 Å². The van der Waals surface area contributed by atoms with E-state index in [1.807, 2.05) is 11.9 Å². The van der Waals surface area contributed by atoms with Crippen LogP contribution in [-0.4, -0.2) is 43.7 Å². The van der Waals surface area contributed by atoms with Gasteiger partial charge in [0.2, 0.25) is 5.95 Å². The first-order valence-corrected chi connectivity index (χ1v) is 8.16. The Labute approximate surface area is 148 Å². The Morgan fingerprint density at radius 3 is 2.64 bits per heavy atom. The Kier molecular flexibility index (Phi) is 6.56. The smallest absolute Gasteiger partial charge is 0.274 e. The van der Waals surface area contributed by atoms with E-state index in [-0.39, 0.29) is 5.91 Å². The third kappa shape index (κ3) is 4.82. The molecule has 0 bridgehead atoms. The van der Waals surface area contributed by atoms with E-state index in [1.54, 1.807) is 44.7 Å². The van der Waals surface area contributed by atoms with Crippen molar-refractivity contribution in [2.45, 2.75) is 19.8 Å². The van der Waals surface area contributed by atoms with E-state index in [0.717, 1.165) is 19.4 Å². The number of methoxy groups -OCH3 is 2. The molecule has 134 valence electrons. The highest BCUT2D eigenvalue weighted by Gasteiger charge is 2.13. The predicted molar refractivity (Wildman–Crippen MR) is 97.7 cm³/mol. The first kappa shape index (κ1) is 18.5. The van der Waals surface area contributed by atoms with Crippen LogP contribution in [0.2, 0.25) is 0 Å². The number of nitrogens with one attached hydrogen (secondary N) is 1. The molecule has 0 fully saturated rings. The molecule has 25 heavy (non-hydrogen) atoms. The van der Waals surface area contributed by atoms with E-state index in [1.165, 1.54) is 0 Å². The van der Waals surface area contributed by atoms with Crippen LogP contribution in [-0.2, 0) is 0 Å². The molecule has 2 rings (SSSR count). The number of hydrogen-bond acceptors (Lipinski definition) is 6.